The van der Waals surface area contributed by atoms with Crippen molar-refractivity contribution in [3.05, 3.63) is 41.3 Å². The maximum atomic E-state index is 11.2. The molecule has 0 bridgehead atoms. The van der Waals surface area contributed by atoms with Gasteiger partial charge in [0, 0.05) is 18.6 Å². The van der Waals surface area contributed by atoms with Gasteiger partial charge in [-0.3, -0.25) is 4.79 Å². The van der Waals surface area contributed by atoms with Gasteiger partial charge in [-0.15, -0.1) is 0 Å². The summed E-state index contributed by atoms with van der Waals surface area (Å²) in [5.41, 5.74) is 0.586. The zero-order valence-electron chi connectivity index (χ0n) is 6.64. The number of rotatable bonds is 1. The maximum absolute atomic E-state index is 11.2. The third kappa shape index (κ3) is 1.44. The van der Waals surface area contributed by atoms with Crippen molar-refractivity contribution in [3.8, 4) is 11.4 Å². The average Bonchev–Trinajstić information content (AvgIpc) is 2.20. The lowest BCUT2D eigenvalue weighted by molar-refractivity contribution is 1.10. The molecule has 0 atom stereocenters. The lowest BCUT2D eigenvalue weighted by atomic mass is 10.3. The van der Waals surface area contributed by atoms with Crippen molar-refractivity contribution in [2.75, 3.05) is 0 Å². The molecule has 0 aliphatic heterocycles. The first kappa shape index (κ1) is 7.60. The Labute approximate surface area is 73.5 Å². The van der Waals surface area contributed by atoms with Crippen LogP contribution in [0.4, 0.5) is 0 Å². The molecule has 2 aromatic heterocycles. The van der Waals surface area contributed by atoms with E-state index in [4.69, 9.17) is 0 Å². The quantitative estimate of drug-likeness (QED) is 0.671. The van der Waals surface area contributed by atoms with E-state index in [0.717, 1.165) is 0 Å². The summed E-state index contributed by atoms with van der Waals surface area (Å²) in [4.78, 5) is 25.3. The molecule has 0 saturated heterocycles. The molecule has 2 rings (SSSR count). The molecule has 0 amide bonds. The number of nitrogens with one attached hydrogen (secondary N) is 1. The lowest BCUT2D eigenvalue weighted by Gasteiger charge is -1.95. The highest BCUT2D eigenvalue weighted by atomic mass is 16.1. The predicted octanol–water partition coefficient (Wildman–Crippen LogP) is 0.227. The van der Waals surface area contributed by atoms with Crippen LogP contribution < -0.4 is 5.56 Å². The van der Waals surface area contributed by atoms with Gasteiger partial charge in [-0.25, -0.2) is 15.0 Å². The Bertz CT molecular complexity index is 451. The van der Waals surface area contributed by atoms with Crippen molar-refractivity contribution in [3.63, 3.8) is 0 Å². The van der Waals surface area contributed by atoms with Crippen LogP contribution in [-0.4, -0.2) is 19.9 Å². The fraction of sp³-hybridized carbons (Fsp3) is 0. The van der Waals surface area contributed by atoms with Gasteiger partial charge in [0.05, 0.1) is 5.69 Å². The van der Waals surface area contributed by atoms with Gasteiger partial charge in [0.1, 0.15) is 6.33 Å². The van der Waals surface area contributed by atoms with E-state index in [2.05, 4.69) is 19.9 Å². The van der Waals surface area contributed by atoms with Crippen molar-refractivity contribution in [2.24, 2.45) is 0 Å². The van der Waals surface area contributed by atoms with Crippen LogP contribution in [0.1, 0.15) is 0 Å². The van der Waals surface area contributed by atoms with Gasteiger partial charge in [-0.1, -0.05) is 0 Å². The zero-order valence-corrected chi connectivity index (χ0v) is 6.64. The van der Waals surface area contributed by atoms with Gasteiger partial charge in [-0.05, 0) is 6.07 Å². The molecule has 0 radical (unpaired) electrons. The summed E-state index contributed by atoms with van der Waals surface area (Å²) < 4.78 is 0. The largest absolute Gasteiger partial charge is 0.326 e. The SMILES string of the molecule is O=c1[nH]ccnc1-c1ccncn1. The Morgan fingerprint density at radius 2 is 2.15 bits per heavy atom. The maximum Gasteiger partial charge on any atom is 0.276 e. The van der Waals surface area contributed by atoms with E-state index in [0.29, 0.717) is 11.4 Å². The Balaban J connectivity index is 2.60. The number of hydrogen-bond acceptors (Lipinski definition) is 4. The third-order valence-corrected chi connectivity index (χ3v) is 1.53. The molecule has 5 heteroatoms. The van der Waals surface area contributed by atoms with Crippen molar-refractivity contribution < 1.29 is 0 Å². The second-order valence-corrected chi connectivity index (χ2v) is 2.36. The number of aromatic nitrogens is 4. The summed E-state index contributed by atoms with van der Waals surface area (Å²) in [6.45, 7) is 0. The van der Waals surface area contributed by atoms with Crippen molar-refractivity contribution in [1.82, 2.24) is 19.9 Å². The summed E-state index contributed by atoms with van der Waals surface area (Å²) in [6.07, 6.45) is 5.94. The second-order valence-electron chi connectivity index (χ2n) is 2.36. The normalized spacial score (nSPS) is 9.85. The molecular weight excluding hydrogens is 168 g/mol. The summed E-state index contributed by atoms with van der Waals surface area (Å²) in [5.74, 6) is 0. The standard InChI is InChI=1S/C8H6N4O/c13-8-7(10-3-4-11-8)6-1-2-9-5-12-6/h1-5H,(H,11,13). The Morgan fingerprint density at radius 3 is 2.85 bits per heavy atom. The van der Waals surface area contributed by atoms with E-state index in [9.17, 15) is 4.79 Å². The van der Waals surface area contributed by atoms with E-state index in [1.54, 1.807) is 12.3 Å². The topological polar surface area (TPSA) is 71.5 Å². The first-order valence-corrected chi connectivity index (χ1v) is 3.68. The Hall–Kier alpha value is -2.04. The molecule has 1 N–H and O–H groups in total. The predicted molar refractivity (Wildman–Crippen MR) is 45.9 cm³/mol. The van der Waals surface area contributed by atoms with Gasteiger partial charge in [0.25, 0.3) is 5.56 Å². The minimum atomic E-state index is -0.249. The van der Waals surface area contributed by atoms with Crippen molar-refractivity contribution >= 4 is 0 Å². The number of H-pyrrole nitrogens is 1. The molecule has 0 unspecified atom stereocenters. The molecule has 0 saturated carbocycles. The van der Waals surface area contributed by atoms with Gasteiger partial charge in [-0.2, -0.15) is 0 Å². The van der Waals surface area contributed by atoms with Crippen LogP contribution in [0.3, 0.4) is 0 Å². The molecule has 2 aromatic rings. The molecule has 2 heterocycles. The summed E-state index contributed by atoms with van der Waals surface area (Å²) in [7, 11) is 0. The lowest BCUT2D eigenvalue weighted by Crippen LogP contribution is -2.10. The highest BCUT2D eigenvalue weighted by Crippen LogP contribution is 2.04. The van der Waals surface area contributed by atoms with E-state index in [-0.39, 0.29) is 5.56 Å². The smallest absolute Gasteiger partial charge is 0.276 e. The summed E-state index contributed by atoms with van der Waals surface area (Å²) in [6, 6.07) is 1.64. The van der Waals surface area contributed by atoms with Gasteiger partial charge in [0.2, 0.25) is 0 Å². The van der Waals surface area contributed by atoms with Crippen LogP contribution in [0, 0.1) is 0 Å². The van der Waals surface area contributed by atoms with Crippen molar-refractivity contribution in [2.45, 2.75) is 0 Å². The number of nitrogens with zero attached hydrogens (tertiary/aromatic N) is 3. The monoisotopic (exact) mass is 174 g/mol. The molecule has 5 nitrogen and oxygen atoms in total. The number of hydrogen-bond donors (Lipinski definition) is 1. The van der Waals surface area contributed by atoms with Crippen LogP contribution in [0.25, 0.3) is 11.4 Å². The zero-order chi connectivity index (χ0) is 9.10. The fourth-order valence-corrected chi connectivity index (χ4v) is 0.965. The van der Waals surface area contributed by atoms with E-state index < -0.39 is 0 Å². The molecule has 13 heavy (non-hydrogen) atoms. The van der Waals surface area contributed by atoms with Crippen LogP contribution in [0.5, 0.6) is 0 Å². The first-order valence-electron chi connectivity index (χ1n) is 3.68. The van der Waals surface area contributed by atoms with Crippen LogP contribution >= 0.6 is 0 Å². The van der Waals surface area contributed by atoms with Gasteiger partial charge < -0.3 is 4.98 Å². The molecule has 0 spiro atoms. The summed E-state index contributed by atoms with van der Waals surface area (Å²) >= 11 is 0. The van der Waals surface area contributed by atoms with Crippen LogP contribution in [0.15, 0.2) is 35.8 Å². The first-order chi connectivity index (χ1) is 6.38. The fourth-order valence-electron chi connectivity index (χ4n) is 0.965. The Kier molecular flexibility index (Phi) is 1.84. The van der Waals surface area contributed by atoms with Gasteiger partial charge >= 0.3 is 0 Å². The van der Waals surface area contributed by atoms with Gasteiger partial charge in [0.15, 0.2) is 5.69 Å². The highest BCUT2D eigenvalue weighted by Gasteiger charge is 2.03. The molecule has 0 aliphatic carbocycles. The average molecular weight is 174 g/mol. The van der Waals surface area contributed by atoms with Crippen LogP contribution in [-0.2, 0) is 0 Å². The number of aromatic amines is 1. The molecular formula is C8H6N4O. The molecule has 0 aliphatic rings. The summed E-state index contributed by atoms with van der Waals surface area (Å²) in [5, 5.41) is 0. The van der Waals surface area contributed by atoms with Crippen molar-refractivity contribution in [1.29, 1.82) is 0 Å². The van der Waals surface area contributed by atoms with E-state index in [1.807, 2.05) is 0 Å². The molecule has 64 valence electrons. The second kappa shape index (κ2) is 3.14. The Morgan fingerprint density at radius 1 is 1.23 bits per heavy atom. The molecule has 0 aromatic carbocycles. The highest BCUT2D eigenvalue weighted by molar-refractivity contribution is 5.50. The minimum Gasteiger partial charge on any atom is -0.326 e. The van der Waals surface area contributed by atoms with E-state index in [1.165, 1.54) is 18.7 Å². The van der Waals surface area contributed by atoms with E-state index >= 15 is 0 Å². The third-order valence-electron chi connectivity index (χ3n) is 1.53. The molecule has 0 fully saturated rings. The van der Waals surface area contributed by atoms with Crippen LogP contribution in [0.2, 0.25) is 0 Å². The minimum absolute atomic E-state index is 0.249.